The van der Waals surface area contributed by atoms with Gasteiger partial charge in [-0.1, -0.05) is 27.7 Å². The van der Waals surface area contributed by atoms with Gasteiger partial charge in [-0.05, 0) is 24.7 Å². The summed E-state index contributed by atoms with van der Waals surface area (Å²) in [5.41, 5.74) is 0. The van der Waals surface area contributed by atoms with Crippen molar-refractivity contribution in [3.05, 3.63) is 0 Å². The third-order valence-electron chi connectivity index (χ3n) is 3.90. The van der Waals surface area contributed by atoms with E-state index < -0.39 is 23.8 Å². The Morgan fingerprint density at radius 3 is 1.42 bits per heavy atom. The van der Waals surface area contributed by atoms with Crippen molar-refractivity contribution < 1.29 is 24.5 Å². The van der Waals surface area contributed by atoms with Gasteiger partial charge >= 0.3 is 11.9 Å². The number of ether oxygens (including phenoxy) is 1. The van der Waals surface area contributed by atoms with E-state index in [0.717, 1.165) is 0 Å². The molecule has 0 saturated carbocycles. The predicted octanol–water partition coefficient (Wildman–Crippen LogP) is 2.25. The highest BCUT2D eigenvalue weighted by molar-refractivity contribution is 5.71. The monoisotopic (exact) mass is 272 g/mol. The molecule has 1 heterocycles. The molecule has 0 radical (unpaired) electrons. The molecule has 1 aliphatic heterocycles. The van der Waals surface area contributed by atoms with Crippen molar-refractivity contribution in [1.29, 1.82) is 0 Å². The Bertz CT molecular complexity index is 305. The number of epoxide rings is 1. The van der Waals surface area contributed by atoms with E-state index in [1.54, 1.807) is 0 Å². The quantitative estimate of drug-likeness (QED) is 0.662. The number of hydrogen-bond donors (Lipinski definition) is 2. The van der Waals surface area contributed by atoms with Crippen LogP contribution >= 0.6 is 0 Å². The van der Waals surface area contributed by atoms with Gasteiger partial charge in [0.05, 0.1) is 24.0 Å². The second kappa shape index (κ2) is 6.37. The van der Waals surface area contributed by atoms with Crippen molar-refractivity contribution in [3.63, 3.8) is 0 Å². The first-order valence-electron chi connectivity index (χ1n) is 6.85. The summed E-state index contributed by atoms with van der Waals surface area (Å²) in [4.78, 5) is 22.2. The van der Waals surface area contributed by atoms with Crippen LogP contribution in [0.15, 0.2) is 0 Å². The molecule has 4 atom stereocenters. The van der Waals surface area contributed by atoms with Gasteiger partial charge in [0.1, 0.15) is 0 Å². The zero-order valence-corrected chi connectivity index (χ0v) is 12.0. The molecule has 0 amide bonds. The van der Waals surface area contributed by atoms with Gasteiger partial charge < -0.3 is 14.9 Å². The highest BCUT2D eigenvalue weighted by Gasteiger charge is 2.44. The zero-order valence-electron chi connectivity index (χ0n) is 12.0. The van der Waals surface area contributed by atoms with Crippen LogP contribution in [-0.2, 0) is 14.3 Å². The molecule has 1 rings (SSSR count). The van der Waals surface area contributed by atoms with E-state index in [2.05, 4.69) is 0 Å². The van der Waals surface area contributed by atoms with Gasteiger partial charge in [-0.3, -0.25) is 9.59 Å². The average molecular weight is 272 g/mol. The Morgan fingerprint density at radius 2 is 1.21 bits per heavy atom. The summed E-state index contributed by atoms with van der Waals surface area (Å²) in [7, 11) is 0. The SMILES string of the molecule is CC(C)[C@H](C[C@H]1O[C@H]1C[C@@H](C(=O)O)C(C)C)C(=O)O. The lowest BCUT2D eigenvalue weighted by Gasteiger charge is -2.16. The van der Waals surface area contributed by atoms with E-state index in [-0.39, 0.29) is 24.0 Å². The summed E-state index contributed by atoms with van der Waals surface area (Å²) in [5, 5.41) is 18.2. The zero-order chi connectivity index (χ0) is 14.7. The summed E-state index contributed by atoms with van der Waals surface area (Å²) in [5.74, 6) is -2.33. The fourth-order valence-corrected chi connectivity index (χ4v) is 2.41. The van der Waals surface area contributed by atoms with Crippen molar-refractivity contribution in [2.45, 2.75) is 52.7 Å². The largest absolute Gasteiger partial charge is 0.481 e. The van der Waals surface area contributed by atoms with Crippen molar-refractivity contribution in [1.82, 2.24) is 0 Å². The molecule has 1 fully saturated rings. The number of rotatable bonds is 8. The van der Waals surface area contributed by atoms with E-state index in [4.69, 9.17) is 14.9 Å². The molecule has 1 aliphatic rings. The molecule has 0 spiro atoms. The third kappa shape index (κ3) is 4.49. The van der Waals surface area contributed by atoms with Crippen molar-refractivity contribution in [2.24, 2.45) is 23.7 Å². The van der Waals surface area contributed by atoms with Crippen LogP contribution in [0.25, 0.3) is 0 Å². The number of aliphatic carboxylic acids is 2. The highest BCUT2D eigenvalue weighted by atomic mass is 16.6. The van der Waals surface area contributed by atoms with E-state index in [9.17, 15) is 9.59 Å². The molecule has 5 nitrogen and oxygen atoms in total. The van der Waals surface area contributed by atoms with Crippen LogP contribution in [-0.4, -0.2) is 34.4 Å². The van der Waals surface area contributed by atoms with Gasteiger partial charge in [-0.15, -0.1) is 0 Å². The lowest BCUT2D eigenvalue weighted by molar-refractivity contribution is -0.144. The van der Waals surface area contributed by atoms with Crippen LogP contribution in [0.1, 0.15) is 40.5 Å². The van der Waals surface area contributed by atoms with Gasteiger partial charge in [-0.25, -0.2) is 0 Å². The molecule has 0 bridgehead atoms. The van der Waals surface area contributed by atoms with Crippen LogP contribution < -0.4 is 0 Å². The second-order valence-electron chi connectivity index (χ2n) is 6.06. The van der Waals surface area contributed by atoms with Crippen molar-refractivity contribution in [3.8, 4) is 0 Å². The Balaban J connectivity index is 2.46. The predicted molar refractivity (Wildman–Crippen MR) is 69.8 cm³/mol. The normalized spacial score (nSPS) is 25.4. The fraction of sp³-hybridized carbons (Fsp3) is 0.857. The van der Waals surface area contributed by atoms with Gasteiger partial charge in [0, 0.05) is 0 Å². The van der Waals surface area contributed by atoms with E-state index in [0.29, 0.717) is 12.8 Å². The summed E-state index contributed by atoms with van der Waals surface area (Å²) in [6.07, 6.45) is 0.762. The minimum atomic E-state index is -0.803. The van der Waals surface area contributed by atoms with Gasteiger partial charge in [-0.2, -0.15) is 0 Å². The molecule has 0 aromatic rings. The Kier molecular flexibility index (Phi) is 5.35. The Labute approximate surface area is 114 Å². The van der Waals surface area contributed by atoms with Crippen molar-refractivity contribution >= 4 is 11.9 Å². The van der Waals surface area contributed by atoms with Crippen LogP contribution in [0.5, 0.6) is 0 Å². The second-order valence-corrected chi connectivity index (χ2v) is 6.06. The van der Waals surface area contributed by atoms with E-state index in [1.165, 1.54) is 0 Å². The molecule has 0 aromatic heterocycles. The summed E-state index contributed by atoms with van der Waals surface area (Å²) in [6.45, 7) is 7.52. The van der Waals surface area contributed by atoms with Gasteiger partial charge in [0.25, 0.3) is 0 Å². The minimum Gasteiger partial charge on any atom is -0.481 e. The molecular weight excluding hydrogens is 248 g/mol. The standard InChI is InChI=1S/C14H24O5/c1-7(2)9(13(15)16)5-11-12(19-11)6-10(8(3)4)14(17)18/h7-12H,5-6H2,1-4H3,(H,15,16)(H,17,18)/t9-,10+,11+,12-. The Hall–Kier alpha value is -1.10. The van der Waals surface area contributed by atoms with E-state index >= 15 is 0 Å². The first-order chi connectivity index (χ1) is 8.73. The molecule has 0 unspecified atom stereocenters. The molecule has 1 saturated heterocycles. The maximum Gasteiger partial charge on any atom is 0.306 e. The number of hydrogen-bond acceptors (Lipinski definition) is 3. The lowest BCUT2D eigenvalue weighted by atomic mass is 9.87. The number of carboxylic acids is 2. The number of carbonyl (C=O) groups is 2. The smallest absolute Gasteiger partial charge is 0.306 e. The molecule has 2 N–H and O–H groups in total. The lowest BCUT2D eigenvalue weighted by Crippen LogP contribution is -2.24. The summed E-state index contributed by atoms with van der Waals surface area (Å²) >= 11 is 0. The van der Waals surface area contributed by atoms with Crippen molar-refractivity contribution in [2.75, 3.05) is 0 Å². The molecular formula is C14H24O5. The maximum absolute atomic E-state index is 11.1. The molecule has 0 aromatic carbocycles. The third-order valence-corrected chi connectivity index (χ3v) is 3.90. The van der Waals surface area contributed by atoms with Crippen LogP contribution in [0.3, 0.4) is 0 Å². The molecule has 110 valence electrons. The molecule has 19 heavy (non-hydrogen) atoms. The maximum atomic E-state index is 11.1. The summed E-state index contributed by atoms with van der Waals surface area (Å²) in [6, 6.07) is 0. The van der Waals surface area contributed by atoms with Gasteiger partial charge in [0.15, 0.2) is 0 Å². The first kappa shape index (κ1) is 16.0. The fourth-order valence-electron chi connectivity index (χ4n) is 2.41. The minimum absolute atomic E-state index is 0.0581. The van der Waals surface area contributed by atoms with Gasteiger partial charge in [0.2, 0.25) is 0 Å². The topological polar surface area (TPSA) is 87.1 Å². The van der Waals surface area contributed by atoms with Crippen LogP contribution in [0, 0.1) is 23.7 Å². The average Bonchev–Trinajstić information content (AvgIpc) is 2.99. The Morgan fingerprint density at radius 1 is 0.895 bits per heavy atom. The van der Waals surface area contributed by atoms with Crippen LogP contribution in [0.4, 0.5) is 0 Å². The molecule has 5 heteroatoms. The number of carboxylic acid groups (broad SMARTS) is 2. The molecule has 0 aliphatic carbocycles. The highest BCUT2D eigenvalue weighted by Crippen LogP contribution is 2.36. The first-order valence-corrected chi connectivity index (χ1v) is 6.85. The summed E-state index contributed by atoms with van der Waals surface area (Å²) < 4.78 is 5.45. The van der Waals surface area contributed by atoms with Crippen LogP contribution in [0.2, 0.25) is 0 Å². The van der Waals surface area contributed by atoms with E-state index in [1.807, 2.05) is 27.7 Å².